The van der Waals surface area contributed by atoms with E-state index in [1.54, 1.807) is 0 Å². The van der Waals surface area contributed by atoms with Crippen LogP contribution in [0.4, 0.5) is 0 Å². The van der Waals surface area contributed by atoms with Gasteiger partial charge in [-0.2, -0.15) is 0 Å². The highest BCUT2D eigenvalue weighted by Crippen LogP contribution is 2.42. The van der Waals surface area contributed by atoms with E-state index in [0.29, 0.717) is 14.6 Å². The summed E-state index contributed by atoms with van der Waals surface area (Å²) in [4.78, 5) is 0. The van der Waals surface area contributed by atoms with Gasteiger partial charge in [-0.25, -0.2) is 0 Å². The molecule has 0 bridgehead atoms. The fraction of sp³-hybridized carbons (Fsp3) is 0.333. The van der Waals surface area contributed by atoms with Crippen molar-refractivity contribution in [3.05, 3.63) is 50.1 Å². The van der Waals surface area contributed by atoms with Crippen molar-refractivity contribution in [2.24, 2.45) is 5.84 Å². The van der Waals surface area contributed by atoms with Crippen molar-refractivity contribution in [3.8, 4) is 5.75 Å². The maximum absolute atomic E-state index is 6.25. The topological polar surface area (TPSA) is 47.3 Å². The largest absolute Gasteiger partial charge is 0.493 e. The fourth-order valence-electron chi connectivity index (χ4n) is 2.82. The van der Waals surface area contributed by atoms with Gasteiger partial charge in [0.15, 0.2) is 0 Å². The van der Waals surface area contributed by atoms with Gasteiger partial charge in [-0.15, -0.1) is 11.3 Å². The normalized spacial score (nSPS) is 18.9. The molecule has 112 valence electrons. The number of nitrogens with one attached hydrogen (secondary N) is 1. The molecule has 0 saturated carbocycles. The van der Waals surface area contributed by atoms with Crippen LogP contribution in [0.2, 0.25) is 8.67 Å². The van der Waals surface area contributed by atoms with Crippen LogP contribution in [0, 0.1) is 0 Å². The Labute approximate surface area is 138 Å². The highest BCUT2D eigenvalue weighted by Gasteiger charge is 2.26. The summed E-state index contributed by atoms with van der Waals surface area (Å²) in [5.41, 5.74) is 5.08. The molecule has 0 aliphatic carbocycles. The van der Waals surface area contributed by atoms with Gasteiger partial charge in [0.25, 0.3) is 0 Å². The Morgan fingerprint density at radius 1 is 1.38 bits per heavy atom. The highest BCUT2D eigenvalue weighted by atomic mass is 35.5. The smallest absolute Gasteiger partial charge is 0.122 e. The molecule has 2 atom stereocenters. The van der Waals surface area contributed by atoms with E-state index in [1.807, 2.05) is 24.3 Å². The number of hydrazine groups is 1. The van der Waals surface area contributed by atoms with Crippen LogP contribution < -0.4 is 16.0 Å². The Balaban J connectivity index is 1.84. The number of ether oxygens (including phenoxy) is 1. The number of halogens is 2. The molecule has 0 spiro atoms. The van der Waals surface area contributed by atoms with E-state index in [2.05, 4.69) is 11.5 Å². The van der Waals surface area contributed by atoms with Crippen molar-refractivity contribution in [3.63, 3.8) is 0 Å². The van der Waals surface area contributed by atoms with Crippen molar-refractivity contribution < 1.29 is 4.74 Å². The van der Waals surface area contributed by atoms with Gasteiger partial charge in [-0.1, -0.05) is 41.4 Å². The van der Waals surface area contributed by atoms with Crippen molar-refractivity contribution in [1.29, 1.82) is 0 Å². The molecule has 3 rings (SSSR count). The minimum atomic E-state index is -0.0163. The van der Waals surface area contributed by atoms with E-state index in [0.717, 1.165) is 30.8 Å². The van der Waals surface area contributed by atoms with Gasteiger partial charge in [-0.3, -0.25) is 11.3 Å². The first-order valence-corrected chi connectivity index (χ1v) is 8.39. The molecule has 1 aromatic heterocycles. The van der Waals surface area contributed by atoms with Crippen molar-refractivity contribution in [2.75, 3.05) is 6.61 Å². The first-order valence-electron chi connectivity index (χ1n) is 6.81. The number of rotatable bonds is 4. The molecule has 3 N–H and O–H groups in total. The molecule has 0 amide bonds. The summed E-state index contributed by atoms with van der Waals surface area (Å²) >= 11 is 13.7. The lowest BCUT2D eigenvalue weighted by Crippen LogP contribution is -2.30. The van der Waals surface area contributed by atoms with Crippen molar-refractivity contribution in [2.45, 2.75) is 24.8 Å². The predicted octanol–water partition coefficient (Wildman–Crippen LogP) is 4.52. The van der Waals surface area contributed by atoms with Crippen molar-refractivity contribution in [1.82, 2.24) is 5.43 Å². The molecule has 0 radical (unpaired) electrons. The Hall–Kier alpha value is -0.780. The molecular weight excluding hydrogens is 327 g/mol. The Bertz CT molecular complexity index is 632. The summed E-state index contributed by atoms with van der Waals surface area (Å²) in [6.45, 7) is 0.733. The second kappa shape index (κ2) is 6.55. The number of benzene rings is 1. The number of fused-ring (bicyclic) bond motifs is 1. The lowest BCUT2D eigenvalue weighted by atomic mass is 9.86. The Kier molecular flexibility index (Phi) is 4.72. The molecule has 2 aromatic rings. The maximum Gasteiger partial charge on any atom is 0.122 e. The summed E-state index contributed by atoms with van der Waals surface area (Å²) in [5, 5.41) is 0. The van der Waals surface area contributed by atoms with E-state index < -0.39 is 0 Å². The molecule has 3 nitrogen and oxygen atoms in total. The standard InChI is InChI=1S/C15H16Cl2N2OS/c16-14-8-11(15(17)21-14)12(19-18)7-9-5-6-20-13-4-2-1-3-10(9)13/h1-4,8-9,12,19H,5-7,18H2. The molecule has 0 fully saturated rings. The quantitative estimate of drug-likeness (QED) is 0.634. The Morgan fingerprint density at radius 2 is 2.19 bits per heavy atom. The summed E-state index contributed by atoms with van der Waals surface area (Å²) < 4.78 is 7.09. The van der Waals surface area contributed by atoms with Crippen LogP contribution >= 0.6 is 34.5 Å². The number of nitrogens with two attached hydrogens (primary N) is 1. The summed E-state index contributed by atoms with van der Waals surface area (Å²) in [6, 6.07) is 10.0. The van der Waals surface area contributed by atoms with Gasteiger partial charge >= 0.3 is 0 Å². The Morgan fingerprint density at radius 3 is 2.90 bits per heavy atom. The average molecular weight is 343 g/mol. The molecule has 1 aliphatic rings. The SMILES string of the molecule is NNC(CC1CCOc2ccccc21)c1cc(Cl)sc1Cl. The minimum Gasteiger partial charge on any atom is -0.493 e. The number of thiophene rings is 1. The summed E-state index contributed by atoms with van der Waals surface area (Å²) in [7, 11) is 0. The third-order valence-corrected chi connectivity index (χ3v) is 5.38. The second-order valence-corrected chi connectivity index (χ2v) is 7.39. The zero-order chi connectivity index (χ0) is 14.8. The minimum absolute atomic E-state index is 0.0163. The lowest BCUT2D eigenvalue weighted by molar-refractivity contribution is 0.255. The van der Waals surface area contributed by atoms with Gasteiger partial charge in [0, 0.05) is 11.6 Å². The molecule has 1 aliphatic heterocycles. The first-order chi connectivity index (χ1) is 10.2. The van der Waals surface area contributed by atoms with Gasteiger partial charge in [0.1, 0.15) is 5.75 Å². The van der Waals surface area contributed by atoms with Gasteiger partial charge in [0.2, 0.25) is 0 Å². The third-order valence-electron chi connectivity index (χ3n) is 3.86. The lowest BCUT2D eigenvalue weighted by Gasteiger charge is -2.28. The molecule has 2 heterocycles. The molecule has 1 aromatic carbocycles. The third kappa shape index (κ3) is 3.20. The van der Waals surface area contributed by atoms with E-state index >= 15 is 0 Å². The van der Waals surface area contributed by atoms with Crippen LogP contribution in [-0.2, 0) is 0 Å². The second-order valence-electron chi connectivity index (χ2n) is 5.11. The van der Waals surface area contributed by atoms with Crippen molar-refractivity contribution >= 4 is 34.5 Å². The van der Waals surface area contributed by atoms with E-state index in [-0.39, 0.29) is 6.04 Å². The van der Waals surface area contributed by atoms with Crippen LogP contribution in [0.25, 0.3) is 0 Å². The highest BCUT2D eigenvalue weighted by molar-refractivity contribution is 7.20. The summed E-state index contributed by atoms with van der Waals surface area (Å²) in [6.07, 6.45) is 1.84. The first kappa shape index (κ1) is 15.1. The maximum atomic E-state index is 6.25. The molecule has 21 heavy (non-hydrogen) atoms. The van der Waals surface area contributed by atoms with Gasteiger partial charge in [-0.05, 0) is 36.5 Å². The number of para-hydroxylation sites is 1. The van der Waals surface area contributed by atoms with Crippen LogP contribution in [0.1, 0.15) is 35.9 Å². The number of hydrogen-bond acceptors (Lipinski definition) is 4. The van der Waals surface area contributed by atoms with E-state index in [9.17, 15) is 0 Å². The van der Waals surface area contributed by atoms with Crippen LogP contribution in [-0.4, -0.2) is 6.61 Å². The van der Waals surface area contributed by atoms with Crippen LogP contribution in [0.5, 0.6) is 5.75 Å². The monoisotopic (exact) mass is 342 g/mol. The van der Waals surface area contributed by atoms with Gasteiger partial charge < -0.3 is 4.74 Å². The average Bonchev–Trinajstić information content (AvgIpc) is 2.83. The number of hydrogen-bond donors (Lipinski definition) is 2. The van der Waals surface area contributed by atoms with E-state index in [4.69, 9.17) is 33.8 Å². The molecule has 6 heteroatoms. The van der Waals surface area contributed by atoms with E-state index in [1.165, 1.54) is 16.9 Å². The molecule has 0 saturated heterocycles. The van der Waals surface area contributed by atoms with Gasteiger partial charge in [0.05, 0.1) is 15.3 Å². The molecular formula is C15H16Cl2N2OS. The zero-order valence-corrected chi connectivity index (χ0v) is 13.6. The zero-order valence-electron chi connectivity index (χ0n) is 11.3. The predicted molar refractivity (Wildman–Crippen MR) is 88.3 cm³/mol. The summed E-state index contributed by atoms with van der Waals surface area (Å²) in [5.74, 6) is 7.11. The van der Waals surface area contributed by atoms with Crippen LogP contribution in [0.15, 0.2) is 30.3 Å². The molecule has 2 unspecified atom stereocenters. The van der Waals surface area contributed by atoms with Crippen LogP contribution in [0.3, 0.4) is 0 Å². The fourth-order valence-corrected chi connectivity index (χ4v) is 4.40.